The van der Waals surface area contributed by atoms with Crippen molar-refractivity contribution in [3.8, 4) is 17.1 Å². The minimum Gasteiger partial charge on any atom is -0.497 e. The van der Waals surface area contributed by atoms with E-state index in [1.807, 2.05) is 91.3 Å². The van der Waals surface area contributed by atoms with Crippen molar-refractivity contribution in [3.63, 3.8) is 0 Å². The van der Waals surface area contributed by atoms with Crippen molar-refractivity contribution >= 4 is 23.4 Å². The van der Waals surface area contributed by atoms with Crippen LogP contribution in [0.3, 0.4) is 0 Å². The molecule has 2 atom stereocenters. The molecule has 172 valence electrons. The lowest BCUT2D eigenvalue weighted by atomic mass is 10.0. The number of carbonyl (C=O) groups excluding carboxylic acids is 1. The van der Waals surface area contributed by atoms with Gasteiger partial charge in [-0.3, -0.25) is 4.79 Å². The molecule has 0 saturated carbocycles. The zero-order valence-corrected chi connectivity index (χ0v) is 20.0. The van der Waals surface area contributed by atoms with Gasteiger partial charge in [-0.25, -0.2) is 4.68 Å². The lowest BCUT2D eigenvalue weighted by Gasteiger charge is -2.33. The first-order valence-corrected chi connectivity index (χ1v) is 11.9. The number of aryl methyl sites for hydroxylation is 1. The normalized spacial score (nSPS) is 16.9. The summed E-state index contributed by atoms with van der Waals surface area (Å²) in [6.45, 7) is 4.05. The monoisotopic (exact) mass is 471 g/mol. The summed E-state index contributed by atoms with van der Waals surface area (Å²) in [5.41, 5.74) is 8.42. The Kier molecular flexibility index (Phi) is 5.98. The molecule has 1 aliphatic heterocycles. The summed E-state index contributed by atoms with van der Waals surface area (Å²) in [6.07, 6.45) is 0. The van der Waals surface area contributed by atoms with Gasteiger partial charge >= 0.3 is 0 Å². The molecule has 5 rings (SSSR count). The van der Waals surface area contributed by atoms with E-state index in [1.54, 1.807) is 7.11 Å². The Hall–Kier alpha value is -3.78. The zero-order valence-electron chi connectivity index (χ0n) is 19.1. The zero-order chi connectivity index (χ0) is 23.7. The Labute approximate surface area is 202 Å². The average molecular weight is 472 g/mol. The number of benzene rings is 3. The number of fused-ring (bicyclic) bond motifs is 1. The van der Waals surface area contributed by atoms with Gasteiger partial charge in [0.05, 0.1) is 13.2 Å². The van der Waals surface area contributed by atoms with E-state index in [4.69, 9.17) is 4.74 Å². The highest BCUT2D eigenvalue weighted by molar-refractivity contribution is 8.00. The Morgan fingerprint density at radius 1 is 1.00 bits per heavy atom. The second-order valence-electron chi connectivity index (χ2n) is 8.16. The number of anilines is 1. The summed E-state index contributed by atoms with van der Waals surface area (Å²) < 4.78 is 7.20. The highest BCUT2D eigenvalue weighted by atomic mass is 32.2. The van der Waals surface area contributed by atoms with Crippen LogP contribution in [-0.2, 0) is 4.79 Å². The van der Waals surface area contributed by atoms with E-state index in [0.717, 1.165) is 33.7 Å². The van der Waals surface area contributed by atoms with Gasteiger partial charge in [0.2, 0.25) is 11.1 Å². The summed E-state index contributed by atoms with van der Waals surface area (Å²) in [5.74, 6) is 1.37. The lowest BCUT2D eigenvalue weighted by Crippen LogP contribution is -2.41. The molecule has 2 N–H and O–H groups in total. The highest BCUT2D eigenvalue weighted by Gasteiger charge is 2.38. The van der Waals surface area contributed by atoms with Gasteiger partial charge in [-0.05, 0) is 48.7 Å². The van der Waals surface area contributed by atoms with Crippen LogP contribution >= 0.6 is 11.8 Å². The number of hydrogen-bond acceptors (Lipinski definition) is 6. The van der Waals surface area contributed by atoms with Crippen molar-refractivity contribution in [2.45, 2.75) is 30.3 Å². The Morgan fingerprint density at radius 3 is 2.50 bits per heavy atom. The predicted molar refractivity (Wildman–Crippen MR) is 135 cm³/mol. The van der Waals surface area contributed by atoms with E-state index < -0.39 is 5.25 Å². The fourth-order valence-corrected chi connectivity index (χ4v) is 5.06. The van der Waals surface area contributed by atoms with Gasteiger partial charge in [-0.2, -0.15) is 0 Å². The third kappa shape index (κ3) is 4.12. The molecule has 0 fully saturated rings. The molecule has 34 heavy (non-hydrogen) atoms. The van der Waals surface area contributed by atoms with Gasteiger partial charge in [0.15, 0.2) is 5.82 Å². The topological polar surface area (TPSA) is 81.1 Å². The minimum atomic E-state index is -0.464. The molecule has 1 aromatic heterocycles. The predicted octanol–water partition coefficient (Wildman–Crippen LogP) is 4.97. The summed E-state index contributed by atoms with van der Waals surface area (Å²) in [5, 5.41) is 12.1. The maximum atomic E-state index is 13.6. The Bertz CT molecular complexity index is 1320. The molecule has 0 unspecified atom stereocenters. The smallest absolute Gasteiger partial charge is 0.240 e. The van der Waals surface area contributed by atoms with Crippen LogP contribution in [0.4, 0.5) is 5.69 Å². The number of nitrogens with zero attached hydrogens (tertiary/aromatic N) is 3. The maximum Gasteiger partial charge on any atom is 0.240 e. The second kappa shape index (κ2) is 9.23. The number of amides is 1. The summed E-state index contributed by atoms with van der Waals surface area (Å²) >= 11 is 1.41. The number of methoxy groups -OCH3 is 1. The highest BCUT2D eigenvalue weighted by Crippen LogP contribution is 2.39. The van der Waals surface area contributed by atoms with Crippen molar-refractivity contribution in [2.75, 3.05) is 17.9 Å². The summed E-state index contributed by atoms with van der Waals surface area (Å²) in [7, 11) is 1.64. The maximum absolute atomic E-state index is 13.6. The Balaban J connectivity index is 1.52. The van der Waals surface area contributed by atoms with Crippen LogP contribution in [0.5, 0.6) is 5.75 Å². The van der Waals surface area contributed by atoms with Gasteiger partial charge < -0.3 is 15.5 Å². The van der Waals surface area contributed by atoms with Crippen molar-refractivity contribution in [1.82, 2.24) is 14.9 Å². The third-order valence-corrected chi connectivity index (χ3v) is 7.28. The van der Waals surface area contributed by atoms with Crippen LogP contribution in [0.15, 0.2) is 78.0 Å². The van der Waals surface area contributed by atoms with E-state index in [2.05, 4.69) is 20.9 Å². The van der Waals surface area contributed by atoms with E-state index >= 15 is 0 Å². The molecular weight excluding hydrogens is 446 g/mol. The number of ether oxygens (including phenoxy) is 1. The second-order valence-corrected chi connectivity index (χ2v) is 9.27. The first-order valence-electron chi connectivity index (χ1n) is 11.0. The van der Waals surface area contributed by atoms with Crippen molar-refractivity contribution in [3.05, 3.63) is 89.5 Å². The first-order chi connectivity index (χ1) is 16.5. The lowest BCUT2D eigenvalue weighted by molar-refractivity contribution is -0.116. The molecule has 1 aliphatic rings. The molecule has 7 nitrogen and oxygen atoms in total. The van der Waals surface area contributed by atoms with E-state index in [-0.39, 0.29) is 11.9 Å². The van der Waals surface area contributed by atoms with E-state index in [1.165, 1.54) is 11.8 Å². The van der Waals surface area contributed by atoms with Gasteiger partial charge in [-0.15, -0.1) is 10.2 Å². The van der Waals surface area contributed by atoms with Crippen LogP contribution in [-0.4, -0.2) is 33.1 Å². The largest absolute Gasteiger partial charge is 0.497 e. The van der Waals surface area contributed by atoms with Gasteiger partial charge in [-0.1, -0.05) is 66.4 Å². The van der Waals surface area contributed by atoms with Crippen LogP contribution in [0, 0.1) is 13.8 Å². The number of hydrogen-bond donors (Lipinski definition) is 2. The molecule has 0 saturated heterocycles. The fraction of sp³-hybridized carbons (Fsp3) is 0.192. The van der Waals surface area contributed by atoms with Crippen LogP contribution in [0.25, 0.3) is 11.4 Å². The molecule has 3 aromatic carbocycles. The van der Waals surface area contributed by atoms with Crippen molar-refractivity contribution in [1.29, 1.82) is 0 Å². The summed E-state index contributed by atoms with van der Waals surface area (Å²) in [4.78, 5) is 13.6. The standard InChI is InChI=1S/C26H25N5O2S/c1-16-8-7-11-21(17(16)2)27-25(32)23-22(18-12-14-20(33-3)15-13-18)30-31-24(28-29-26(31)34-23)19-9-5-4-6-10-19/h4-15,22-23,30H,1-3H3,(H,27,32)/t22-,23+/m0/s1. The molecule has 4 aromatic rings. The molecule has 1 amide bonds. The van der Waals surface area contributed by atoms with Crippen LogP contribution in [0.1, 0.15) is 22.7 Å². The third-order valence-electron chi connectivity index (χ3n) is 6.06. The fourth-order valence-electron chi connectivity index (χ4n) is 3.98. The average Bonchev–Trinajstić information content (AvgIpc) is 3.29. The number of rotatable bonds is 5. The molecule has 0 aliphatic carbocycles. The van der Waals surface area contributed by atoms with Gasteiger partial charge in [0.1, 0.15) is 11.0 Å². The quantitative estimate of drug-likeness (QED) is 0.428. The van der Waals surface area contributed by atoms with Crippen molar-refractivity contribution < 1.29 is 9.53 Å². The Morgan fingerprint density at radius 2 is 1.76 bits per heavy atom. The minimum absolute atomic E-state index is 0.0949. The SMILES string of the molecule is COc1ccc([C@@H]2Nn3c(nnc3-c3ccccc3)S[C@H]2C(=O)Nc2cccc(C)c2C)cc1. The molecule has 0 radical (unpaired) electrons. The summed E-state index contributed by atoms with van der Waals surface area (Å²) in [6, 6.07) is 23.3. The number of thioether (sulfide) groups is 1. The number of nitrogens with one attached hydrogen (secondary N) is 2. The molecule has 2 heterocycles. The number of carbonyl (C=O) groups is 1. The van der Waals surface area contributed by atoms with Gasteiger partial charge in [0, 0.05) is 11.3 Å². The molecule has 0 spiro atoms. The van der Waals surface area contributed by atoms with Crippen LogP contribution < -0.4 is 15.5 Å². The molecular formula is C26H25N5O2S. The first kappa shape index (κ1) is 22.0. The van der Waals surface area contributed by atoms with Crippen LogP contribution in [0.2, 0.25) is 0 Å². The van der Waals surface area contributed by atoms with E-state index in [0.29, 0.717) is 11.0 Å². The molecule has 8 heteroatoms. The number of aromatic nitrogens is 3. The molecule has 0 bridgehead atoms. The van der Waals surface area contributed by atoms with Gasteiger partial charge in [0.25, 0.3) is 0 Å². The van der Waals surface area contributed by atoms with Crippen molar-refractivity contribution in [2.24, 2.45) is 0 Å². The van der Waals surface area contributed by atoms with E-state index in [9.17, 15) is 4.79 Å².